The van der Waals surface area contributed by atoms with Gasteiger partial charge in [-0.3, -0.25) is 4.79 Å². The number of rotatable bonds is 6. The minimum absolute atomic E-state index is 0.129. The Labute approximate surface area is 180 Å². The van der Waals surface area contributed by atoms with E-state index in [1.54, 1.807) is 12.1 Å². The first kappa shape index (κ1) is 20.2. The molecule has 5 heteroatoms. The van der Waals surface area contributed by atoms with Gasteiger partial charge in [-0.25, -0.2) is 4.98 Å². The first-order chi connectivity index (χ1) is 14.5. The van der Waals surface area contributed by atoms with Crippen LogP contribution in [0.25, 0.3) is 22.6 Å². The van der Waals surface area contributed by atoms with Gasteiger partial charge in [-0.05, 0) is 53.8 Å². The highest BCUT2D eigenvalue weighted by Gasteiger charge is 2.14. The molecule has 1 heterocycles. The van der Waals surface area contributed by atoms with Crippen LogP contribution in [0.5, 0.6) is 0 Å². The van der Waals surface area contributed by atoms with E-state index in [-0.39, 0.29) is 12.3 Å². The Hall–Kier alpha value is -3.11. The second-order valence-corrected chi connectivity index (χ2v) is 7.87. The Morgan fingerprint density at radius 2 is 1.90 bits per heavy atom. The Morgan fingerprint density at radius 3 is 2.67 bits per heavy atom. The molecular weight excluding hydrogens is 396 g/mol. The smallest absolute Gasteiger partial charge is 0.228 e. The number of anilines is 1. The molecular formula is C25H23ClN2O2. The second-order valence-electron chi connectivity index (χ2n) is 7.46. The summed E-state index contributed by atoms with van der Waals surface area (Å²) in [6, 6.07) is 21.1. The number of carbonyl (C=O) groups excluding carboxylic acids is 1. The highest BCUT2D eigenvalue weighted by molar-refractivity contribution is 6.33. The van der Waals surface area contributed by atoms with E-state index in [1.165, 1.54) is 5.56 Å². The number of carbonyl (C=O) groups is 1. The highest BCUT2D eigenvalue weighted by atomic mass is 35.5. The average molecular weight is 419 g/mol. The van der Waals surface area contributed by atoms with Crippen LogP contribution in [0, 0.1) is 0 Å². The molecule has 1 atom stereocenters. The third kappa shape index (κ3) is 4.39. The van der Waals surface area contributed by atoms with Gasteiger partial charge in [0.1, 0.15) is 5.52 Å². The number of halogens is 1. The number of amides is 1. The molecule has 0 saturated heterocycles. The molecule has 0 bridgehead atoms. The molecule has 0 aliphatic rings. The van der Waals surface area contributed by atoms with Gasteiger partial charge in [0.25, 0.3) is 0 Å². The molecule has 30 heavy (non-hydrogen) atoms. The van der Waals surface area contributed by atoms with Crippen molar-refractivity contribution in [3.05, 3.63) is 82.9 Å². The number of hydrogen-bond donors (Lipinski definition) is 1. The molecule has 0 unspecified atom stereocenters. The maximum absolute atomic E-state index is 12.4. The summed E-state index contributed by atoms with van der Waals surface area (Å²) in [7, 11) is 0. The van der Waals surface area contributed by atoms with Crippen molar-refractivity contribution in [2.75, 3.05) is 5.32 Å². The van der Waals surface area contributed by atoms with Gasteiger partial charge in [0, 0.05) is 5.56 Å². The summed E-state index contributed by atoms with van der Waals surface area (Å²) >= 11 is 6.32. The van der Waals surface area contributed by atoms with Crippen LogP contribution in [0.1, 0.15) is 37.3 Å². The van der Waals surface area contributed by atoms with Gasteiger partial charge < -0.3 is 9.73 Å². The number of nitrogens with zero attached hydrogens (tertiary/aromatic N) is 1. The molecule has 0 aliphatic carbocycles. The Bertz CT molecular complexity index is 1180. The summed E-state index contributed by atoms with van der Waals surface area (Å²) in [5, 5.41) is 3.36. The van der Waals surface area contributed by atoms with Crippen LogP contribution in [0.2, 0.25) is 5.02 Å². The lowest BCUT2D eigenvalue weighted by atomic mass is 9.98. The van der Waals surface area contributed by atoms with E-state index in [0.29, 0.717) is 22.5 Å². The fourth-order valence-corrected chi connectivity index (χ4v) is 3.50. The molecule has 152 valence electrons. The Balaban J connectivity index is 1.58. The zero-order valence-corrected chi connectivity index (χ0v) is 17.7. The molecule has 0 radical (unpaired) electrons. The number of nitrogens with one attached hydrogen (secondary N) is 1. The fourth-order valence-electron chi connectivity index (χ4n) is 3.34. The minimum atomic E-state index is -0.129. The van der Waals surface area contributed by atoms with E-state index in [1.807, 2.05) is 42.5 Å². The van der Waals surface area contributed by atoms with Gasteiger partial charge in [-0.15, -0.1) is 0 Å². The van der Waals surface area contributed by atoms with Crippen LogP contribution in [0.15, 0.2) is 71.1 Å². The number of aromatic nitrogens is 1. The lowest BCUT2D eigenvalue weighted by Crippen LogP contribution is -2.14. The zero-order valence-electron chi connectivity index (χ0n) is 17.0. The third-order valence-electron chi connectivity index (χ3n) is 5.29. The molecule has 1 N–H and O–H groups in total. The van der Waals surface area contributed by atoms with Gasteiger partial charge in [-0.1, -0.05) is 61.8 Å². The molecule has 0 aliphatic heterocycles. The van der Waals surface area contributed by atoms with Crippen molar-refractivity contribution in [2.24, 2.45) is 0 Å². The summed E-state index contributed by atoms with van der Waals surface area (Å²) in [5.74, 6) is 0.842. The van der Waals surface area contributed by atoms with Crippen molar-refractivity contribution in [3.8, 4) is 11.5 Å². The van der Waals surface area contributed by atoms with Crippen molar-refractivity contribution in [1.82, 2.24) is 4.98 Å². The van der Waals surface area contributed by atoms with Gasteiger partial charge in [0.05, 0.1) is 17.1 Å². The molecule has 4 rings (SSSR count). The second kappa shape index (κ2) is 8.72. The molecule has 0 spiro atoms. The molecule has 1 amide bonds. The van der Waals surface area contributed by atoms with Gasteiger partial charge in [0.15, 0.2) is 5.58 Å². The van der Waals surface area contributed by atoms with Crippen LogP contribution in [0.3, 0.4) is 0 Å². The highest BCUT2D eigenvalue weighted by Crippen LogP contribution is 2.31. The molecule has 0 saturated carbocycles. The zero-order chi connectivity index (χ0) is 21.1. The first-order valence-electron chi connectivity index (χ1n) is 10.1. The van der Waals surface area contributed by atoms with Crippen molar-refractivity contribution < 1.29 is 9.21 Å². The largest absolute Gasteiger partial charge is 0.436 e. The van der Waals surface area contributed by atoms with E-state index in [2.05, 4.69) is 36.3 Å². The summed E-state index contributed by atoms with van der Waals surface area (Å²) in [5.41, 5.74) is 5.05. The van der Waals surface area contributed by atoms with E-state index >= 15 is 0 Å². The Kier molecular flexibility index (Phi) is 5.86. The Morgan fingerprint density at radius 1 is 1.10 bits per heavy atom. The van der Waals surface area contributed by atoms with E-state index in [9.17, 15) is 4.79 Å². The molecule has 1 aromatic heterocycles. The monoisotopic (exact) mass is 418 g/mol. The van der Waals surface area contributed by atoms with Crippen molar-refractivity contribution >= 4 is 34.3 Å². The van der Waals surface area contributed by atoms with Gasteiger partial charge in [0.2, 0.25) is 11.8 Å². The average Bonchev–Trinajstić information content (AvgIpc) is 3.18. The topological polar surface area (TPSA) is 55.1 Å². The van der Waals surface area contributed by atoms with Crippen LogP contribution in [0.4, 0.5) is 5.69 Å². The standard InChI is InChI=1S/C25H23ClN2O2/c1-3-16(2)18-10-12-23-22(14-18)28-25(30-23)19-9-11-20(26)21(15-19)27-24(29)13-17-7-5-4-6-8-17/h4-12,14-16H,3,13H2,1-2H3,(H,27,29)/t16-/m1/s1. The summed E-state index contributed by atoms with van der Waals surface area (Å²) in [6.45, 7) is 4.37. The van der Waals surface area contributed by atoms with Gasteiger partial charge in [-0.2, -0.15) is 0 Å². The maximum atomic E-state index is 12.4. The van der Waals surface area contributed by atoms with E-state index in [0.717, 1.165) is 28.6 Å². The predicted molar refractivity (Wildman–Crippen MR) is 122 cm³/mol. The first-order valence-corrected chi connectivity index (χ1v) is 10.5. The summed E-state index contributed by atoms with van der Waals surface area (Å²) < 4.78 is 5.95. The van der Waals surface area contributed by atoms with E-state index < -0.39 is 0 Å². The van der Waals surface area contributed by atoms with Crippen LogP contribution < -0.4 is 5.32 Å². The minimum Gasteiger partial charge on any atom is -0.436 e. The van der Waals surface area contributed by atoms with Crippen LogP contribution >= 0.6 is 11.6 Å². The number of hydrogen-bond acceptors (Lipinski definition) is 3. The van der Waals surface area contributed by atoms with Crippen LogP contribution in [-0.2, 0) is 11.2 Å². The number of benzene rings is 3. The molecule has 3 aromatic carbocycles. The molecule has 4 nitrogen and oxygen atoms in total. The van der Waals surface area contributed by atoms with Crippen molar-refractivity contribution in [1.29, 1.82) is 0 Å². The van der Waals surface area contributed by atoms with Crippen molar-refractivity contribution in [3.63, 3.8) is 0 Å². The lowest BCUT2D eigenvalue weighted by molar-refractivity contribution is -0.115. The summed E-state index contributed by atoms with van der Waals surface area (Å²) in [4.78, 5) is 17.1. The number of fused-ring (bicyclic) bond motifs is 1. The molecule has 0 fully saturated rings. The SMILES string of the molecule is CC[C@@H](C)c1ccc2oc(-c3ccc(Cl)c(NC(=O)Cc4ccccc4)c3)nc2c1. The van der Waals surface area contributed by atoms with Crippen molar-refractivity contribution in [2.45, 2.75) is 32.6 Å². The van der Waals surface area contributed by atoms with Gasteiger partial charge >= 0.3 is 0 Å². The quantitative estimate of drug-likeness (QED) is 0.372. The maximum Gasteiger partial charge on any atom is 0.228 e. The molecule has 4 aromatic rings. The third-order valence-corrected chi connectivity index (χ3v) is 5.62. The van der Waals surface area contributed by atoms with Crippen LogP contribution in [-0.4, -0.2) is 10.9 Å². The normalized spacial score (nSPS) is 12.1. The fraction of sp³-hybridized carbons (Fsp3) is 0.200. The summed E-state index contributed by atoms with van der Waals surface area (Å²) in [6.07, 6.45) is 1.35. The lowest BCUT2D eigenvalue weighted by Gasteiger charge is -2.08. The van der Waals surface area contributed by atoms with E-state index in [4.69, 9.17) is 16.0 Å². The predicted octanol–water partition coefficient (Wildman–Crippen LogP) is 6.84. The number of oxazole rings is 1.